The van der Waals surface area contributed by atoms with Crippen molar-refractivity contribution in [2.24, 2.45) is 0 Å². The van der Waals surface area contributed by atoms with Gasteiger partial charge in [-0.15, -0.1) is 11.8 Å². The van der Waals surface area contributed by atoms with E-state index in [2.05, 4.69) is 12.2 Å². The first-order chi connectivity index (χ1) is 16.4. The van der Waals surface area contributed by atoms with E-state index in [0.29, 0.717) is 17.1 Å². The Labute approximate surface area is 202 Å². The first-order valence-electron chi connectivity index (χ1n) is 11.3. The third-order valence-corrected chi connectivity index (χ3v) is 7.66. The lowest BCUT2D eigenvalue weighted by Crippen LogP contribution is -2.50. The van der Waals surface area contributed by atoms with Crippen LogP contribution in [0.1, 0.15) is 23.6 Å². The van der Waals surface area contributed by atoms with Crippen molar-refractivity contribution in [1.82, 2.24) is 0 Å². The molecule has 3 amide bonds. The third kappa shape index (κ3) is 3.56. The fraction of sp³-hybridized carbons (Fsp3) is 0.222. The first-order valence-corrected chi connectivity index (χ1v) is 12.3. The Kier molecular flexibility index (Phi) is 5.65. The minimum Gasteiger partial charge on any atom is -0.325 e. The molecular formula is C27H25N3O3S. The predicted molar refractivity (Wildman–Crippen MR) is 136 cm³/mol. The summed E-state index contributed by atoms with van der Waals surface area (Å²) in [4.78, 5) is 41.9. The number of carbonyl (C=O) groups is 3. The van der Waals surface area contributed by atoms with Crippen molar-refractivity contribution in [2.75, 3.05) is 27.4 Å². The molecule has 3 aromatic carbocycles. The molecule has 7 heteroatoms. The number of hydrogen-bond donors (Lipinski definition) is 1. The molecule has 172 valence electrons. The van der Waals surface area contributed by atoms with Gasteiger partial charge in [-0.1, -0.05) is 49.4 Å². The van der Waals surface area contributed by atoms with Gasteiger partial charge in [0.1, 0.15) is 6.54 Å². The van der Waals surface area contributed by atoms with Crippen molar-refractivity contribution in [3.05, 3.63) is 89.5 Å². The van der Waals surface area contributed by atoms with Gasteiger partial charge in [-0.2, -0.15) is 0 Å². The molecule has 1 atom stereocenters. The van der Waals surface area contributed by atoms with E-state index in [9.17, 15) is 14.4 Å². The van der Waals surface area contributed by atoms with E-state index in [0.717, 1.165) is 17.5 Å². The summed E-state index contributed by atoms with van der Waals surface area (Å²) in [5, 5.41) is 2.89. The number of nitrogens with zero attached hydrogens (tertiary/aromatic N) is 2. The van der Waals surface area contributed by atoms with Crippen LogP contribution in [-0.4, -0.2) is 30.0 Å². The highest BCUT2D eigenvalue weighted by Crippen LogP contribution is 2.55. The molecule has 2 heterocycles. The molecule has 0 aromatic heterocycles. The topological polar surface area (TPSA) is 69.7 Å². The fourth-order valence-corrected chi connectivity index (χ4v) is 6.01. The van der Waals surface area contributed by atoms with Gasteiger partial charge in [0, 0.05) is 16.9 Å². The molecule has 1 N–H and O–H groups in total. The Bertz CT molecular complexity index is 1290. The number of benzene rings is 3. The average molecular weight is 472 g/mol. The third-order valence-electron chi connectivity index (χ3n) is 6.27. The van der Waals surface area contributed by atoms with Crippen LogP contribution in [0.25, 0.3) is 0 Å². The molecule has 1 fully saturated rings. The van der Waals surface area contributed by atoms with Crippen LogP contribution in [0.2, 0.25) is 0 Å². The number of aryl methyl sites for hydroxylation is 2. The highest BCUT2D eigenvalue weighted by molar-refractivity contribution is 8.02. The molecule has 1 spiro atoms. The standard InChI is InChI=1S/C27H25N3O3S/c1-3-19-11-13-20(14-12-19)28-24(31)16-29-23-10-5-4-9-22(23)27(26(29)33)30(25(32)17-34-27)21-8-6-7-18(2)15-21/h4-15H,3,16-17H2,1-2H3,(H,28,31). The smallest absolute Gasteiger partial charge is 0.269 e. The zero-order chi connectivity index (χ0) is 23.9. The predicted octanol–water partition coefficient (Wildman–Crippen LogP) is 4.48. The molecule has 0 bridgehead atoms. The van der Waals surface area contributed by atoms with Gasteiger partial charge in [0.25, 0.3) is 5.91 Å². The Balaban J connectivity index is 1.48. The molecule has 3 aromatic rings. The van der Waals surface area contributed by atoms with Gasteiger partial charge in [0.05, 0.1) is 11.4 Å². The molecule has 5 rings (SSSR count). The van der Waals surface area contributed by atoms with Crippen LogP contribution in [0.3, 0.4) is 0 Å². The largest absolute Gasteiger partial charge is 0.325 e. The Hall–Kier alpha value is -3.58. The van der Waals surface area contributed by atoms with Crippen LogP contribution in [-0.2, 0) is 25.7 Å². The number of para-hydroxylation sites is 1. The minimum absolute atomic E-state index is 0.124. The molecule has 1 saturated heterocycles. The number of thioether (sulfide) groups is 1. The maximum absolute atomic E-state index is 14.0. The van der Waals surface area contributed by atoms with E-state index in [4.69, 9.17) is 0 Å². The van der Waals surface area contributed by atoms with Crippen LogP contribution >= 0.6 is 11.8 Å². The number of carbonyl (C=O) groups excluding carboxylic acids is 3. The number of rotatable bonds is 5. The highest BCUT2D eigenvalue weighted by atomic mass is 32.2. The van der Waals surface area contributed by atoms with Crippen molar-refractivity contribution in [3.63, 3.8) is 0 Å². The zero-order valence-electron chi connectivity index (χ0n) is 19.1. The maximum Gasteiger partial charge on any atom is 0.269 e. The summed E-state index contributed by atoms with van der Waals surface area (Å²) >= 11 is 1.31. The molecule has 6 nitrogen and oxygen atoms in total. The summed E-state index contributed by atoms with van der Waals surface area (Å²) < 4.78 is 0. The number of anilines is 3. The Morgan fingerprint density at radius 2 is 1.79 bits per heavy atom. The van der Waals surface area contributed by atoms with Gasteiger partial charge < -0.3 is 5.32 Å². The number of fused-ring (bicyclic) bond motifs is 2. The monoisotopic (exact) mass is 471 g/mol. The lowest BCUT2D eigenvalue weighted by molar-refractivity contribution is -0.124. The molecular weight excluding hydrogens is 446 g/mol. The van der Waals surface area contributed by atoms with E-state index in [1.165, 1.54) is 22.2 Å². The number of hydrogen-bond acceptors (Lipinski definition) is 4. The van der Waals surface area contributed by atoms with Crippen molar-refractivity contribution >= 4 is 46.5 Å². The summed E-state index contributed by atoms with van der Waals surface area (Å²) in [5.41, 5.74) is 4.94. The second-order valence-corrected chi connectivity index (χ2v) is 9.68. The van der Waals surface area contributed by atoms with Gasteiger partial charge in [-0.05, 0) is 54.8 Å². The normalized spacial score (nSPS) is 19.1. The van der Waals surface area contributed by atoms with Gasteiger partial charge in [0.15, 0.2) is 0 Å². The Morgan fingerprint density at radius 3 is 2.53 bits per heavy atom. The maximum atomic E-state index is 14.0. The molecule has 34 heavy (non-hydrogen) atoms. The quantitative estimate of drug-likeness (QED) is 0.596. The van der Waals surface area contributed by atoms with Crippen LogP contribution < -0.4 is 15.1 Å². The number of nitrogens with one attached hydrogen (secondary N) is 1. The van der Waals surface area contributed by atoms with Crippen molar-refractivity contribution in [3.8, 4) is 0 Å². The molecule has 0 saturated carbocycles. The van der Waals surface area contributed by atoms with Gasteiger partial charge in [-0.25, -0.2) is 0 Å². The molecule has 2 aliphatic heterocycles. The highest BCUT2D eigenvalue weighted by Gasteiger charge is 2.61. The summed E-state index contributed by atoms with van der Waals surface area (Å²) in [6, 6.07) is 22.7. The van der Waals surface area contributed by atoms with Gasteiger partial charge >= 0.3 is 0 Å². The minimum atomic E-state index is -1.22. The number of amides is 3. The summed E-state index contributed by atoms with van der Waals surface area (Å²) in [5.74, 6) is -0.498. The lowest BCUT2D eigenvalue weighted by atomic mass is 10.0. The Morgan fingerprint density at radius 1 is 1.03 bits per heavy atom. The molecule has 0 radical (unpaired) electrons. The second kappa shape index (κ2) is 8.65. The fourth-order valence-electron chi connectivity index (χ4n) is 4.65. The van der Waals surface area contributed by atoms with Crippen LogP contribution in [0, 0.1) is 6.92 Å². The van der Waals surface area contributed by atoms with Crippen LogP contribution in [0.5, 0.6) is 0 Å². The molecule has 0 aliphatic carbocycles. The van der Waals surface area contributed by atoms with Crippen molar-refractivity contribution in [2.45, 2.75) is 25.1 Å². The van der Waals surface area contributed by atoms with Crippen molar-refractivity contribution in [1.29, 1.82) is 0 Å². The molecule has 1 unspecified atom stereocenters. The van der Waals surface area contributed by atoms with E-state index in [-0.39, 0.29) is 30.0 Å². The second-order valence-electron chi connectivity index (χ2n) is 8.51. The SMILES string of the molecule is CCc1ccc(NC(=O)CN2C(=O)C3(SCC(=O)N3c3cccc(C)c3)c3ccccc32)cc1. The zero-order valence-corrected chi connectivity index (χ0v) is 19.9. The van der Waals surface area contributed by atoms with E-state index < -0.39 is 4.87 Å². The summed E-state index contributed by atoms with van der Waals surface area (Å²) in [7, 11) is 0. The lowest BCUT2D eigenvalue weighted by Gasteiger charge is -2.33. The summed E-state index contributed by atoms with van der Waals surface area (Å²) in [6.45, 7) is 3.90. The van der Waals surface area contributed by atoms with Gasteiger partial charge in [-0.3, -0.25) is 24.2 Å². The molecule has 2 aliphatic rings. The first kappa shape index (κ1) is 22.2. The van der Waals surface area contributed by atoms with Crippen LogP contribution in [0.4, 0.5) is 17.1 Å². The average Bonchev–Trinajstić information content (AvgIpc) is 3.30. The summed E-state index contributed by atoms with van der Waals surface area (Å²) in [6.07, 6.45) is 0.920. The van der Waals surface area contributed by atoms with Crippen LogP contribution in [0.15, 0.2) is 72.8 Å². The van der Waals surface area contributed by atoms with E-state index >= 15 is 0 Å². The van der Waals surface area contributed by atoms with Crippen molar-refractivity contribution < 1.29 is 14.4 Å². The van der Waals surface area contributed by atoms with E-state index in [1.54, 1.807) is 4.90 Å². The van der Waals surface area contributed by atoms with Gasteiger partial charge in [0.2, 0.25) is 16.7 Å². The van der Waals surface area contributed by atoms with E-state index in [1.807, 2.05) is 79.7 Å².